The van der Waals surface area contributed by atoms with Crippen molar-refractivity contribution in [1.29, 1.82) is 0 Å². The Hall–Kier alpha value is -1.39. The van der Waals surface area contributed by atoms with Gasteiger partial charge in [-0.15, -0.1) is 0 Å². The van der Waals surface area contributed by atoms with Crippen LogP contribution in [-0.4, -0.2) is 32.2 Å². The molecule has 0 fully saturated rings. The fourth-order valence-corrected chi connectivity index (χ4v) is 1.92. The van der Waals surface area contributed by atoms with Gasteiger partial charge in [-0.1, -0.05) is 32.0 Å². The molecule has 0 aromatic heterocycles. The van der Waals surface area contributed by atoms with Gasteiger partial charge in [0.05, 0.1) is 6.61 Å². The van der Waals surface area contributed by atoms with Crippen LogP contribution in [0.4, 0.5) is 5.69 Å². The third-order valence-corrected chi connectivity index (χ3v) is 3.00. The van der Waals surface area contributed by atoms with Crippen LogP contribution >= 0.6 is 0 Å². The molecule has 4 nitrogen and oxygen atoms in total. The summed E-state index contributed by atoms with van der Waals surface area (Å²) in [6.45, 7) is 5.74. The van der Waals surface area contributed by atoms with E-state index < -0.39 is 0 Å². The largest absolute Gasteiger partial charge is 0.384 e. The molecule has 112 valence electrons. The average molecular weight is 278 g/mol. The van der Waals surface area contributed by atoms with Gasteiger partial charge in [-0.2, -0.15) is 0 Å². The second kappa shape index (κ2) is 9.50. The van der Waals surface area contributed by atoms with Crippen LogP contribution in [-0.2, 0) is 16.0 Å². The Balaban J connectivity index is 2.41. The summed E-state index contributed by atoms with van der Waals surface area (Å²) in [5.74, 6) is 0.0698. The monoisotopic (exact) mass is 278 g/mol. The number of hydrogen-bond acceptors (Lipinski definition) is 3. The number of carbonyl (C=O) groups is 1. The van der Waals surface area contributed by atoms with Gasteiger partial charge in [0, 0.05) is 25.3 Å². The van der Waals surface area contributed by atoms with Gasteiger partial charge >= 0.3 is 0 Å². The van der Waals surface area contributed by atoms with Crippen molar-refractivity contribution < 1.29 is 9.53 Å². The summed E-state index contributed by atoms with van der Waals surface area (Å²) in [6.07, 6.45) is 2.20. The van der Waals surface area contributed by atoms with Crippen LogP contribution in [0.15, 0.2) is 24.3 Å². The van der Waals surface area contributed by atoms with Crippen molar-refractivity contribution in [2.75, 3.05) is 25.6 Å². The first-order valence-electron chi connectivity index (χ1n) is 7.23. The minimum Gasteiger partial charge on any atom is -0.384 e. The number of nitrogens with one attached hydrogen (secondary N) is 2. The maximum absolute atomic E-state index is 11.9. The number of methoxy groups -OCH3 is 1. The lowest BCUT2D eigenvalue weighted by atomic mass is 10.1. The van der Waals surface area contributed by atoms with Crippen LogP contribution in [0, 0.1) is 0 Å². The number of carbonyl (C=O) groups excluding carboxylic acids is 1. The van der Waals surface area contributed by atoms with Gasteiger partial charge in [0.25, 0.3) is 0 Å². The van der Waals surface area contributed by atoms with Gasteiger partial charge in [-0.25, -0.2) is 0 Å². The molecule has 20 heavy (non-hydrogen) atoms. The molecule has 4 heteroatoms. The average Bonchev–Trinajstić information content (AvgIpc) is 2.42. The van der Waals surface area contributed by atoms with Crippen LogP contribution in [0.2, 0.25) is 0 Å². The standard InChI is InChI=1S/C16H26N2O2/c1-13(2)17-11-6-9-16(19)18-15-8-5-4-7-14(15)10-12-20-3/h4-5,7-8,13,17H,6,9-12H2,1-3H3,(H,18,19). The zero-order valence-corrected chi connectivity index (χ0v) is 12.7. The molecule has 1 aromatic carbocycles. The molecule has 0 unspecified atom stereocenters. The van der Waals surface area contributed by atoms with Crippen molar-refractivity contribution in [2.45, 2.75) is 39.2 Å². The van der Waals surface area contributed by atoms with Crippen LogP contribution in [0.3, 0.4) is 0 Å². The summed E-state index contributed by atoms with van der Waals surface area (Å²) in [5, 5.41) is 6.29. The van der Waals surface area contributed by atoms with E-state index in [1.165, 1.54) is 0 Å². The lowest BCUT2D eigenvalue weighted by Gasteiger charge is -2.11. The number of hydrogen-bond donors (Lipinski definition) is 2. The molecule has 0 aliphatic carbocycles. The zero-order chi connectivity index (χ0) is 14.8. The summed E-state index contributed by atoms with van der Waals surface area (Å²) in [4.78, 5) is 11.9. The molecule has 0 radical (unpaired) electrons. The van der Waals surface area contributed by atoms with Gasteiger partial charge in [0.2, 0.25) is 5.91 Å². The van der Waals surface area contributed by atoms with Gasteiger partial charge in [0.15, 0.2) is 0 Å². The third kappa shape index (κ3) is 6.68. The number of para-hydroxylation sites is 1. The van der Waals surface area contributed by atoms with Crippen LogP contribution in [0.25, 0.3) is 0 Å². The molecular formula is C16H26N2O2. The highest BCUT2D eigenvalue weighted by Gasteiger charge is 2.06. The first kappa shape index (κ1) is 16.7. The highest BCUT2D eigenvalue weighted by molar-refractivity contribution is 5.91. The normalized spacial score (nSPS) is 10.8. The van der Waals surface area contributed by atoms with Crippen molar-refractivity contribution >= 4 is 11.6 Å². The van der Waals surface area contributed by atoms with E-state index in [0.29, 0.717) is 19.1 Å². The minimum absolute atomic E-state index is 0.0698. The fourth-order valence-electron chi connectivity index (χ4n) is 1.92. The summed E-state index contributed by atoms with van der Waals surface area (Å²) < 4.78 is 5.09. The van der Waals surface area contributed by atoms with Crippen LogP contribution in [0.5, 0.6) is 0 Å². The molecule has 2 N–H and O–H groups in total. The van der Waals surface area contributed by atoms with E-state index in [-0.39, 0.29) is 5.91 Å². The van der Waals surface area contributed by atoms with Crippen molar-refractivity contribution in [1.82, 2.24) is 5.32 Å². The van der Waals surface area contributed by atoms with Gasteiger partial charge in [-0.3, -0.25) is 4.79 Å². The van der Waals surface area contributed by atoms with Crippen molar-refractivity contribution in [3.63, 3.8) is 0 Å². The highest BCUT2D eigenvalue weighted by Crippen LogP contribution is 2.16. The molecule has 0 spiro atoms. The molecule has 0 saturated heterocycles. The second-order valence-electron chi connectivity index (χ2n) is 5.16. The van der Waals surface area contributed by atoms with Gasteiger partial charge in [0.1, 0.15) is 0 Å². The summed E-state index contributed by atoms with van der Waals surface area (Å²) >= 11 is 0. The van der Waals surface area contributed by atoms with E-state index >= 15 is 0 Å². The lowest BCUT2D eigenvalue weighted by molar-refractivity contribution is -0.116. The second-order valence-corrected chi connectivity index (χ2v) is 5.16. The smallest absolute Gasteiger partial charge is 0.224 e. The number of amides is 1. The number of benzene rings is 1. The number of anilines is 1. The Bertz CT molecular complexity index is 405. The first-order valence-corrected chi connectivity index (χ1v) is 7.23. The maximum atomic E-state index is 11.9. The van der Waals surface area contributed by atoms with Gasteiger partial charge < -0.3 is 15.4 Å². The number of rotatable bonds is 9. The predicted octanol–water partition coefficient (Wildman–Crippen LogP) is 2.59. The zero-order valence-electron chi connectivity index (χ0n) is 12.7. The molecule has 0 atom stereocenters. The molecule has 0 saturated carbocycles. The Morgan fingerprint density at radius 1 is 1.30 bits per heavy atom. The van der Waals surface area contributed by atoms with E-state index in [2.05, 4.69) is 24.5 Å². The molecule has 1 rings (SSSR count). The van der Waals surface area contributed by atoms with E-state index in [9.17, 15) is 4.79 Å². The third-order valence-electron chi connectivity index (χ3n) is 3.00. The van der Waals surface area contributed by atoms with E-state index in [4.69, 9.17) is 4.74 Å². The maximum Gasteiger partial charge on any atom is 0.224 e. The molecule has 0 bridgehead atoms. The minimum atomic E-state index is 0.0698. The Morgan fingerprint density at radius 3 is 2.75 bits per heavy atom. The van der Waals surface area contributed by atoms with Gasteiger partial charge in [-0.05, 0) is 31.0 Å². The molecule has 0 aliphatic rings. The molecule has 1 aromatic rings. The van der Waals surface area contributed by atoms with Crippen molar-refractivity contribution in [3.8, 4) is 0 Å². The summed E-state index contributed by atoms with van der Waals surface area (Å²) in [7, 11) is 1.68. The Labute approximate surface area is 121 Å². The molecule has 0 heterocycles. The van der Waals surface area contributed by atoms with Crippen molar-refractivity contribution in [2.24, 2.45) is 0 Å². The highest BCUT2D eigenvalue weighted by atomic mass is 16.5. The Morgan fingerprint density at radius 2 is 2.05 bits per heavy atom. The van der Waals surface area contributed by atoms with E-state index in [0.717, 1.165) is 30.6 Å². The predicted molar refractivity (Wildman–Crippen MR) is 83.0 cm³/mol. The van der Waals surface area contributed by atoms with E-state index in [1.807, 2.05) is 24.3 Å². The van der Waals surface area contributed by atoms with Crippen LogP contribution < -0.4 is 10.6 Å². The van der Waals surface area contributed by atoms with E-state index in [1.54, 1.807) is 7.11 Å². The quantitative estimate of drug-likeness (QED) is 0.683. The molecule has 0 aliphatic heterocycles. The topological polar surface area (TPSA) is 50.4 Å². The summed E-state index contributed by atoms with van der Waals surface area (Å²) in [5.41, 5.74) is 2.01. The first-order chi connectivity index (χ1) is 9.63. The Kier molecular flexibility index (Phi) is 7.92. The molecular weight excluding hydrogens is 252 g/mol. The summed E-state index contributed by atoms with van der Waals surface area (Å²) in [6, 6.07) is 8.34. The number of ether oxygens (including phenoxy) is 1. The van der Waals surface area contributed by atoms with Crippen molar-refractivity contribution in [3.05, 3.63) is 29.8 Å². The molecule has 1 amide bonds. The lowest BCUT2D eigenvalue weighted by Crippen LogP contribution is -2.24. The fraction of sp³-hybridized carbons (Fsp3) is 0.562. The van der Waals surface area contributed by atoms with Crippen LogP contribution in [0.1, 0.15) is 32.3 Å². The SMILES string of the molecule is COCCc1ccccc1NC(=O)CCCNC(C)C.